The van der Waals surface area contributed by atoms with Crippen LogP contribution in [0.25, 0.3) is 0 Å². The first kappa shape index (κ1) is 14.5. The van der Waals surface area contributed by atoms with Gasteiger partial charge in [-0.2, -0.15) is 0 Å². The summed E-state index contributed by atoms with van der Waals surface area (Å²) in [4.78, 5) is 1.13. The summed E-state index contributed by atoms with van der Waals surface area (Å²) >= 11 is 1.62. The molecule has 2 aromatic rings. The van der Waals surface area contributed by atoms with Gasteiger partial charge in [-0.15, -0.1) is 11.8 Å². The Labute approximate surface area is 127 Å². The minimum Gasteiger partial charge on any atom is -0.310 e. The highest BCUT2D eigenvalue weighted by Crippen LogP contribution is 2.24. The van der Waals surface area contributed by atoms with Crippen LogP contribution in [0.15, 0.2) is 47.4 Å². The summed E-state index contributed by atoms with van der Waals surface area (Å²) in [7, 11) is 0. The van der Waals surface area contributed by atoms with Crippen LogP contribution in [-0.2, 0) is 12.3 Å². The van der Waals surface area contributed by atoms with Crippen LogP contribution in [0.4, 0.5) is 8.78 Å². The van der Waals surface area contributed by atoms with Crippen molar-refractivity contribution in [3.8, 4) is 0 Å². The first-order valence-electron chi connectivity index (χ1n) is 7.10. The average molecular weight is 305 g/mol. The summed E-state index contributed by atoms with van der Waals surface area (Å²) in [5, 5.41) is 3.48. The van der Waals surface area contributed by atoms with Gasteiger partial charge in [-0.25, -0.2) is 8.78 Å². The Hall–Kier alpha value is -1.39. The number of thioether (sulfide) groups is 1. The van der Waals surface area contributed by atoms with Crippen molar-refractivity contribution in [2.45, 2.75) is 36.1 Å². The van der Waals surface area contributed by atoms with Crippen molar-refractivity contribution in [3.05, 3.63) is 65.2 Å². The molecule has 1 N–H and O–H groups in total. The van der Waals surface area contributed by atoms with E-state index in [1.54, 1.807) is 17.8 Å². The molecule has 0 heterocycles. The zero-order valence-electron chi connectivity index (χ0n) is 11.6. The molecule has 1 aliphatic rings. The SMILES string of the molecule is Fc1ccc(CSc2ccc(CNC3CC3)cc2)cc1F. The Morgan fingerprint density at radius 3 is 2.33 bits per heavy atom. The van der Waals surface area contributed by atoms with E-state index < -0.39 is 11.6 Å². The third-order valence-corrected chi connectivity index (χ3v) is 4.57. The lowest BCUT2D eigenvalue weighted by atomic mass is 10.2. The van der Waals surface area contributed by atoms with E-state index in [0.29, 0.717) is 11.8 Å². The Morgan fingerprint density at radius 2 is 1.67 bits per heavy atom. The van der Waals surface area contributed by atoms with Crippen molar-refractivity contribution < 1.29 is 8.78 Å². The minimum absolute atomic E-state index is 0.636. The van der Waals surface area contributed by atoms with E-state index in [1.807, 2.05) is 0 Å². The molecular weight excluding hydrogens is 288 g/mol. The van der Waals surface area contributed by atoms with E-state index in [4.69, 9.17) is 0 Å². The van der Waals surface area contributed by atoms with Crippen LogP contribution in [0.2, 0.25) is 0 Å². The van der Waals surface area contributed by atoms with E-state index in [2.05, 4.69) is 29.6 Å². The molecule has 0 unspecified atom stereocenters. The maximum Gasteiger partial charge on any atom is 0.159 e. The van der Waals surface area contributed by atoms with Crippen molar-refractivity contribution in [2.75, 3.05) is 0 Å². The van der Waals surface area contributed by atoms with Crippen LogP contribution in [0.1, 0.15) is 24.0 Å². The summed E-state index contributed by atoms with van der Waals surface area (Å²) in [6.45, 7) is 0.915. The molecule has 1 aliphatic carbocycles. The van der Waals surface area contributed by atoms with Crippen molar-refractivity contribution in [1.82, 2.24) is 5.32 Å². The Morgan fingerprint density at radius 1 is 0.952 bits per heavy atom. The van der Waals surface area contributed by atoms with E-state index in [1.165, 1.54) is 30.5 Å². The monoisotopic (exact) mass is 305 g/mol. The molecule has 0 bridgehead atoms. The second-order valence-corrected chi connectivity index (χ2v) is 6.39. The minimum atomic E-state index is -0.795. The van der Waals surface area contributed by atoms with Gasteiger partial charge < -0.3 is 5.32 Å². The standard InChI is InChI=1S/C17H17F2NS/c18-16-8-3-13(9-17(16)19)11-21-15-6-1-12(2-7-15)10-20-14-4-5-14/h1-3,6-9,14,20H,4-5,10-11H2. The van der Waals surface area contributed by atoms with Crippen LogP contribution >= 0.6 is 11.8 Å². The van der Waals surface area contributed by atoms with Gasteiger partial charge in [-0.1, -0.05) is 18.2 Å². The zero-order valence-corrected chi connectivity index (χ0v) is 12.4. The van der Waals surface area contributed by atoms with Gasteiger partial charge in [-0.3, -0.25) is 0 Å². The molecule has 0 radical (unpaired) electrons. The molecule has 4 heteroatoms. The Kier molecular flexibility index (Phi) is 4.56. The van der Waals surface area contributed by atoms with Gasteiger partial charge >= 0.3 is 0 Å². The molecule has 0 aromatic heterocycles. The fraction of sp³-hybridized carbons (Fsp3) is 0.294. The highest BCUT2D eigenvalue weighted by atomic mass is 32.2. The first-order chi connectivity index (χ1) is 10.2. The van der Waals surface area contributed by atoms with Gasteiger partial charge in [0.2, 0.25) is 0 Å². The van der Waals surface area contributed by atoms with Gasteiger partial charge in [0.25, 0.3) is 0 Å². The van der Waals surface area contributed by atoms with Crippen LogP contribution in [-0.4, -0.2) is 6.04 Å². The fourth-order valence-electron chi connectivity index (χ4n) is 2.05. The van der Waals surface area contributed by atoms with Crippen LogP contribution in [0.3, 0.4) is 0 Å². The van der Waals surface area contributed by atoms with Crippen molar-refractivity contribution >= 4 is 11.8 Å². The van der Waals surface area contributed by atoms with Crippen molar-refractivity contribution in [1.29, 1.82) is 0 Å². The average Bonchev–Trinajstić information content (AvgIpc) is 3.32. The summed E-state index contributed by atoms with van der Waals surface area (Å²) in [6.07, 6.45) is 2.59. The number of benzene rings is 2. The molecule has 1 fully saturated rings. The normalized spacial score (nSPS) is 14.4. The lowest BCUT2D eigenvalue weighted by Gasteiger charge is -2.06. The molecule has 0 amide bonds. The predicted molar refractivity (Wildman–Crippen MR) is 82.2 cm³/mol. The second kappa shape index (κ2) is 6.58. The van der Waals surface area contributed by atoms with Gasteiger partial charge in [0.1, 0.15) is 0 Å². The summed E-state index contributed by atoms with van der Waals surface area (Å²) < 4.78 is 26.0. The zero-order chi connectivity index (χ0) is 14.7. The second-order valence-electron chi connectivity index (χ2n) is 5.34. The molecule has 2 aromatic carbocycles. The van der Waals surface area contributed by atoms with Crippen LogP contribution < -0.4 is 5.32 Å². The maximum atomic E-state index is 13.1. The molecule has 21 heavy (non-hydrogen) atoms. The van der Waals surface area contributed by atoms with E-state index in [9.17, 15) is 8.78 Å². The Bertz CT molecular complexity index is 609. The lowest BCUT2D eigenvalue weighted by Crippen LogP contribution is -2.14. The van der Waals surface area contributed by atoms with Crippen LogP contribution in [0.5, 0.6) is 0 Å². The summed E-state index contributed by atoms with van der Waals surface area (Å²) in [5.41, 5.74) is 2.07. The first-order valence-corrected chi connectivity index (χ1v) is 8.08. The molecule has 110 valence electrons. The highest BCUT2D eigenvalue weighted by molar-refractivity contribution is 7.98. The summed E-state index contributed by atoms with van der Waals surface area (Å²) in [6, 6.07) is 13.2. The van der Waals surface area contributed by atoms with Crippen molar-refractivity contribution in [2.24, 2.45) is 0 Å². The van der Waals surface area contributed by atoms with Gasteiger partial charge in [-0.05, 0) is 48.2 Å². The largest absolute Gasteiger partial charge is 0.310 e. The number of rotatable bonds is 6. The number of nitrogens with one attached hydrogen (secondary N) is 1. The lowest BCUT2D eigenvalue weighted by molar-refractivity contribution is 0.507. The van der Waals surface area contributed by atoms with E-state index >= 15 is 0 Å². The van der Waals surface area contributed by atoms with Crippen LogP contribution in [0, 0.1) is 11.6 Å². The van der Waals surface area contributed by atoms with E-state index in [0.717, 1.165) is 17.0 Å². The Balaban J connectivity index is 1.53. The molecule has 3 rings (SSSR count). The highest BCUT2D eigenvalue weighted by Gasteiger charge is 2.19. The van der Waals surface area contributed by atoms with Crippen molar-refractivity contribution in [3.63, 3.8) is 0 Å². The molecular formula is C17H17F2NS. The fourth-order valence-corrected chi connectivity index (χ4v) is 2.89. The smallest absolute Gasteiger partial charge is 0.159 e. The van der Waals surface area contributed by atoms with Gasteiger partial charge in [0.05, 0.1) is 0 Å². The predicted octanol–water partition coefficient (Wildman–Crippen LogP) is 4.51. The number of halogens is 2. The molecule has 1 nitrogen and oxygen atoms in total. The third kappa shape index (κ3) is 4.29. The molecule has 1 saturated carbocycles. The molecule has 0 aliphatic heterocycles. The molecule has 0 atom stereocenters. The van der Waals surface area contributed by atoms with E-state index in [-0.39, 0.29) is 0 Å². The number of hydrogen-bond acceptors (Lipinski definition) is 2. The van der Waals surface area contributed by atoms with Gasteiger partial charge in [0.15, 0.2) is 11.6 Å². The number of hydrogen-bond donors (Lipinski definition) is 1. The third-order valence-electron chi connectivity index (χ3n) is 3.49. The molecule has 0 saturated heterocycles. The summed E-state index contributed by atoms with van der Waals surface area (Å²) in [5.74, 6) is -0.942. The quantitative estimate of drug-likeness (QED) is 0.788. The molecule has 0 spiro atoms. The topological polar surface area (TPSA) is 12.0 Å². The van der Waals surface area contributed by atoms with Gasteiger partial charge in [0, 0.05) is 23.2 Å². The maximum absolute atomic E-state index is 13.1.